The summed E-state index contributed by atoms with van der Waals surface area (Å²) in [5.41, 5.74) is 3.02. The van der Waals surface area contributed by atoms with E-state index in [-0.39, 0.29) is 6.04 Å². The van der Waals surface area contributed by atoms with Crippen LogP contribution < -0.4 is 5.32 Å². The zero-order valence-electron chi connectivity index (χ0n) is 8.77. The molecule has 0 fully saturated rings. The van der Waals surface area contributed by atoms with Gasteiger partial charge in [-0.05, 0) is 25.5 Å². The molecule has 0 aliphatic rings. The molecule has 1 atom stereocenters. The first kappa shape index (κ1) is 10.1. The van der Waals surface area contributed by atoms with E-state index < -0.39 is 0 Å². The van der Waals surface area contributed by atoms with Crippen molar-refractivity contribution in [2.45, 2.75) is 19.9 Å². The SMILES string of the molecule is Cc1ccc(NC(C)c2cncs2)nc1. The van der Waals surface area contributed by atoms with Gasteiger partial charge in [0, 0.05) is 17.3 Å². The van der Waals surface area contributed by atoms with Gasteiger partial charge in [0.25, 0.3) is 0 Å². The lowest BCUT2D eigenvalue weighted by Gasteiger charge is -2.12. The Morgan fingerprint density at radius 3 is 2.80 bits per heavy atom. The highest BCUT2D eigenvalue weighted by molar-refractivity contribution is 7.09. The third-order valence-corrected chi connectivity index (χ3v) is 3.11. The van der Waals surface area contributed by atoms with Crippen LogP contribution in [0.2, 0.25) is 0 Å². The predicted octanol–water partition coefficient (Wildman–Crippen LogP) is 3.02. The maximum absolute atomic E-state index is 4.30. The van der Waals surface area contributed by atoms with Crippen LogP contribution in [0.1, 0.15) is 23.4 Å². The number of pyridine rings is 1. The summed E-state index contributed by atoms with van der Waals surface area (Å²) in [6.07, 6.45) is 3.75. The summed E-state index contributed by atoms with van der Waals surface area (Å²) < 4.78 is 0. The van der Waals surface area contributed by atoms with Crippen LogP contribution in [0.3, 0.4) is 0 Å². The summed E-state index contributed by atoms with van der Waals surface area (Å²) in [5, 5.41) is 3.33. The van der Waals surface area contributed by atoms with Crippen molar-refractivity contribution in [3.05, 3.63) is 40.5 Å². The smallest absolute Gasteiger partial charge is 0.126 e. The molecular formula is C11H13N3S. The minimum atomic E-state index is 0.257. The molecule has 2 heterocycles. The van der Waals surface area contributed by atoms with Crippen molar-refractivity contribution in [2.24, 2.45) is 0 Å². The minimum Gasteiger partial charge on any atom is -0.363 e. The molecule has 0 aromatic carbocycles. The molecule has 0 radical (unpaired) electrons. The van der Waals surface area contributed by atoms with E-state index in [1.165, 1.54) is 10.4 Å². The van der Waals surface area contributed by atoms with E-state index in [2.05, 4.69) is 28.3 Å². The zero-order chi connectivity index (χ0) is 10.7. The highest BCUT2D eigenvalue weighted by atomic mass is 32.1. The van der Waals surface area contributed by atoms with Crippen molar-refractivity contribution >= 4 is 17.2 Å². The van der Waals surface area contributed by atoms with Gasteiger partial charge in [0.1, 0.15) is 5.82 Å². The molecule has 2 aromatic rings. The molecule has 1 unspecified atom stereocenters. The van der Waals surface area contributed by atoms with Crippen LogP contribution in [0.15, 0.2) is 30.0 Å². The molecule has 2 rings (SSSR count). The first-order chi connectivity index (χ1) is 7.25. The average molecular weight is 219 g/mol. The predicted molar refractivity (Wildman–Crippen MR) is 63.1 cm³/mol. The van der Waals surface area contributed by atoms with E-state index in [0.29, 0.717) is 0 Å². The van der Waals surface area contributed by atoms with Crippen LogP contribution in [0.25, 0.3) is 0 Å². The van der Waals surface area contributed by atoms with Gasteiger partial charge in [-0.3, -0.25) is 4.98 Å². The van der Waals surface area contributed by atoms with Crippen molar-refractivity contribution < 1.29 is 0 Å². The largest absolute Gasteiger partial charge is 0.363 e. The molecule has 0 amide bonds. The van der Waals surface area contributed by atoms with Crippen molar-refractivity contribution in [1.29, 1.82) is 0 Å². The summed E-state index contributed by atoms with van der Waals surface area (Å²) in [6.45, 7) is 4.14. The highest BCUT2D eigenvalue weighted by Crippen LogP contribution is 2.20. The number of nitrogens with zero attached hydrogens (tertiary/aromatic N) is 2. The second kappa shape index (κ2) is 4.40. The second-order valence-corrected chi connectivity index (χ2v) is 4.41. The van der Waals surface area contributed by atoms with Crippen LogP contribution in [0.4, 0.5) is 5.82 Å². The second-order valence-electron chi connectivity index (χ2n) is 3.49. The van der Waals surface area contributed by atoms with Crippen LogP contribution in [-0.2, 0) is 0 Å². The van der Waals surface area contributed by atoms with E-state index in [9.17, 15) is 0 Å². The Bertz CT molecular complexity index is 408. The molecule has 1 N–H and O–H groups in total. The van der Waals surface area contributed by atoms with Gasteiger partial charge in [0.05, 0.1) is 11.6 Å². The van der Waals surface area contributed by atoms with E-state index in [0.717, 1.165) is 5.82 Å². The molecular weight excluding hydrogens is 206 g/mol. The van der Waals surface area contributed by atoms with Crippen molar-refractivity contribution in [3.8, 4) is 0 Å². The number of thiazole rings is 1. The lowest BCUT2D eigenvalue weighted by atomic mass is 10.3. The Kier molecular flexibility index (Phi) is 2.97. The molecule has 0 spiro atoms. The highest BCUT2D eigenvalue weighted by Gasteiger charge is 2.06. The van der Waals surface area contributed by atoms with Crippen LogP contribution in [0.5, 0.6) is 0 Å². The van der Waals surface area contributed by atoms with Crippen LogP contribution in [0, 0.1) is 6.92 Å². The molecule has 0 aliphatic heterocycles. The fourth-order valence-corrected chi connectivity index (χ4v) is 1.91. The topological polar surface area (TPSA) is 37.8 Å². The normalized spacial score (nSPS) is 12.4. The quantitative estimate of drug-likeness (QED) is 0.862. The molecule has 0 aliphatic carbocycles. The van der Waals surface area contributed by atoms with Crippen molar-refractivity contribution in [2.75, 3.05) is 5.32 Å². The van der Waals surface area contributed by atoms with E-state index in [4.69, 9.17) is 0 Å². The van der Waals surface area contributed by atoms with Gasteiger partial charge in [-0.15, -0.1) is 11.3 Å². The van der Waals surface area contributed by atoms with Gasteiger partial charge in [-0.1, -0.05) is 6.07 Å². The summed E-state index contributed by atoms with van der Waals surface area (Å²) in [6, 6.07) is 4.30. The van der Waals surface area contributed by atoms with Gasteiger partial charge in [-0.2, -0.15) is 0 Å². The number of hydrogen-bond donors (Lipinski definition) is 1. The Morgan fingerprint density at radius 2 is 2.20 bits per heavy atom. The van der Waals surface area contributed by atoms with Gasteiger partial charge >= 0.3 is 0 Å². The van der Waals surface area contributed by atoms with Crippen molar-refractivity contribution in [1.82, 2.24) is 9.97 Å². The number of aromatic nitrogens is 2. The van der Waals surface area contributed by atoms with Gasteiger partial charge in [0.2, 0.25) is 0 Å². The standard InChI is InChI=1S/C11H13N3S/c1-8-3-4-11(13-5-8)14-9(2)10-6-12-7-15-10/h3-7,9H,1-2H3,(H,13,14). The van der Waals surface area contributed by atoms with Crippen LogP contribution in [-0.4, -0.2) is 9.97 Å². The lowest BCUT2D eigenvalue weighted by Crippen LogP contribution is -2.06. The van der Waals surface area contributed by atoms with E-state index in [1.807, 2.05) is 30.9 Å². The minimum absolute atomic E-state index is 0.257. The third-order valence-electron chi connectivity index (χ3n) is 2.15. The molecule has 15 heavy (non-hydrogen) atoms. The average Bonchev–Trinajstić information content (AvgIpc) is 2.74. The molecule has 0 saturated carbocycles. The molecule has 78 valence electrons. The number of nitrogens with one attached hydrogen (secondary N) is 1. The third kappa shape index (κ3) is 2.53. The monoisotopic (exact) mass is 219 g/mol. The first-order valence-electron chi connectivity index (χ1n) is 4.83. The van der Waals surface area contributed by atoms with Gasteiger partial charge in [-0.25, -0.2) is 4.98 Å². The Morgan fingerprint density at radius 1 is 1.33 bits per heavy atom. The Balaban J connectivity index is 2.06. The lowest BCUT2D eigenvalue weighted by molar-refractivity contribution is 0.892. The summed E-state index contributed by atoms with van der Waals surface area (Å²) in [4.78, 5) is 9.58. The molecule has 4 heteroatoms. The Labute approximate surface area is 93.2 Å². The maximum atomic E-state index is 4.30. The van der Waals surface area contributed by atoms with Gasteiger partial charge < -0.3 is 5.32 Å². The molecule has 3 nitrogen and oxygen atoms in total. The van der Waals surface area contributed by atoms with E-state index in [1.54, 1.807) is 11.3 Å². The van der Waals surface area contributed by atoms with E-state index >= 15 is 0 Å². The number of rotatable bonds is 3. The fraction of sp³-hybridized carbons (Fsp3) is 0.273. The molecule has 2 aromatic heterocycles. The summed E-state index contributed by atoms with van der Waals surface area (Å²) in [5.74, 6) is 0.904. The molecule has 0 saturated heterocycles. The van der Waals surface area contributed by atoms with Crippen molar-refractivity contribution in [3.63, 3.8) is 0 Å². The van der Waals surface area contributed by atoms with Crippen LogP contribution >= 0.6 is 11.3 Å². The fourth-order valence-electron chi connectivity index (χ4n) is 1.29. The maximum Gasteiger partial charge on any atom is 0.126 e. The summed E-state index contributed by atoms with van der Waals surface area (Å²) >= 11 is 1.65. The zero-order valence-corrected chi connectivity index (χ0v) is 9.58. The Hall–Kier alpha value is -1.42. The van der Waals surface area contributed by atoms with Gasteiger partial charge in [0.15, 0.2) is 0 Å². The molecule has 0 bridgehead atoms. The summed E-state index contributed by atoms with van der Waals surface area (Å²) in [7, 11) is 0. The first-order valence-corrected chi connectivity index (χ1v) is 5.71. The number of hydrogen-bond acceptors (Lipinski definition) is 4. The number of anilines is 1. The number of aryl methyl sites for hydroxylation is 1.